The van der Waals surface area contributed by atoms with Gasteiger partial charge in [0.05, 0.1) is 0 Å². The second kappa shape index (κ2) is 4.42. The molecule has 18 heavy (non-hydrogen) atoms. The van der Waals surface area contributed by atoms with E-state index in [1.807, 2.05) is 0 Å². The van der Waals surface area contributed by atoms with E-state index in [9.17, 15) is 30.7 Å². The summed E-state index contributed by atoms with van der Waals surface area (Å²) in [6.07, 6.45) is -5.94. The van der Waals surface area contributed by atoms with Crippen LogP contribution >= 0.6 is 0 Å². The van der Waals surface area contributed by atoms with Crippen LogP contribution in [0.1, 0.15) is 17.2 Å². The summed E-state index contributed by atoms with van der Waals surface area (Å²) in [6, 6.07) is -1.52. The molecule has 0 aliphatic heterocycles. The van der Waals surface area contributed by atoms with Crippen molar-refractivity contribution < 1.29 is 30.7 Å². The molecule has 1 atom stereocenters. The minimum Gasteiger partial charge on any atom is -0.319 e. The molecule has 0 bridgehead atoms. The molecule has 1 rings (SSSR count). The van der Waals surface area contributed by atoms with E-state index in [1.54, 1.807) is 0 Å². The van der Waals surface area contributed by atoms with Crippen LogP contribution in [0.25, 0.3) is 0 Å². The standard InChI is InChI=1S/C10H8F7N/c1-4-2-3-5(7(12)6(4)11)8(18)9(13,14)10(15,16)17/h2-3,8H,18H2,1H3/t8-/m1/s1. The van der Waals surface area contributed by atoms with Crippen molar-refractivity contribution in [2.45, 2.75) is 25.1 Å². The third kappa shape index (κ3) is 2.29. The van der Waals surface area contributed by atoms with Gasteiger partial charge in [-0.2, -0.15) is 22.0 Å². The highest BCUT2D eigenvalue weighted by molar-refractivity contribution is 5.29. The molecule has 0 aromatic heterocycles. The Morgan fingerprint density at radius 1 is 1.00 bits per heavy atom. The minimum atomic E-state index is -5.94. The molecular weight excluding hydrogens is 267 g/mol. The summed E-state index contributed by atoms with van der Waals surface area (Å²) in [5, 5.41) is 0. The first-order valence-electron chi connectivity index (χ1n) is 4.64. The molecule has 0 unspecified atom stereocenters. The van der Waals surface area contributed by atoms with Crippen LogP contribution in [-0.2, 0) is 0 Å². The average Bonchev–Trinajstić information content (AvgIpc) is 2.24. The molecule has 0 radical (unpaired) electrons. The lowest BCUT2D eigenvalue weighted by molar-refractivity contribution is -0.291. The molecule has 0 saturated heterocycles. The van der Waals surface area contributed by atoms with Gasteiger partial charge >= 0.3 is 12.1 Å². The molecular formula is C10H8F7N. The molecule has 0 spiro atoms. The van der Waals surface area contributed by atoms with Crippen LogP contribution in [0.3, 0.4) is 0 Å². The maximum atomic E-state index is 13.3. The number of rotatable bonds is 2. The van der Waals surface area contributed by atoms with Crippen molar-refractivity contribution in [3.63, 3.8) is 0 Å². The van der Waals surface area contributed by atoms with Gasteiger partial charge < -0.3 is 5.73 Å². The number of hydrogen-bond donors (Lipinski definition) is 1. The molecule has 8 heteroatoms. The van der Waals surface area contributed by atoms with Crippen molar-refractivity contribution in [2.75, 3.05) is 0 Å². The van der Waals surface area contributed by atoms with Crippen molar-refractivity contribution in [1.29, 1.82) is 0 Å². The van der Waals surface area contributed by atoms with E-state index >= 15 is 0 Å². The fourth-order valence-corrected chi connectivity index (χ4v) is 1.27. The van der Waals surface area contributed by atoms with Gasteiger partial charge in [0, 0.05) is 5.56 Å². The largest absolute Gasteiger partial charge is 0.455 e. The van der Waals surface area contributed by atoms with Crippen molar-refractivity contribution in [2.24, 2.45) is 5.73 Å². The lowest BCUT2D eigenvalue weighted by Crippen LogP contribution is -2.46. The highest BCUT2D eigenvalue weighted by Crippen LogP contribution is 2.44. The zero-order chi connectivity index (χ0) is 14.3. The fraction of sp³-hybridized carbons (Fsp3) is 0.400. The van der Waals surface area contributed by atoms with Gasteiger partial charge in [0.15, 0.2) is 11.6 Å². The molecule has 2 N–H and O–H groups in total. The Kier molecular flexibility index (Phi) is 3.62. The van der Waals surface area contributed by atoms with Gasteiger partial charge in [-0.25, -0.2) is 8.78 Å². The smallest absolute Gasteiger partial charge is 0.319 e. The minimum absolute atomic E-state index is 0.223. The van der Waals surface area contributed by atoms with Crippen molar-refractivity contribution in [1.82, 2.24) is 0 Å². The number of halogens is 7. The molecule has 1 aromatic rings. The SMILES string of the molecule is Cc1ccc([C@@H](N)C(F)(F)C(F)(F)F)c(F)c1F. The Morgan fingerprint density at radius 3 is 1.94 bits per heavy atom. The van der Waals surface area contributed by atoms with Crippen molar-refractivity contribution in [3.05, 3.63) is 34.9 Å². The van der Waals surface area contributed by atoms with Crippen LogP contribution < -0.4 is 5.73 Å². The zero-order valence-electron chi connectivity index (χ0n) is 8.96. The predicted molar refractivity (Wildman–Crippen MR) is 49.0 cm³/mol. The van der Waals surface area contributed by atoms with E-state index in [0.717, 1.165) is 13.0 Å². The highest BCUT2D eigenvalue weighted by atomic mass is 19.4. The van der Waals surface area contributed by atoms with Crippen LogP contribution in [0, 0.1) is 18.6 Å². The summed E-state index contributed by atoms with van der Waals surface area (Å²) < 4.78 is 88.2. The summed E-state index contributed by atoms with van der Waals surface area (Å²) in [7, 11) is 0. The van der Waals surface area contributed by atoms with Crippen LogP contribution in [0.4, 0.5) is 30.7 Å². The molecule has 0 amide bonds. The maximum absolute atomic E-state index is 13.3. The van der Waals surface area contributed by atoms with E-state index < -0.39 is 35.3 Å². The molecule has 0 saturated carbocycles. The molecule has 1 aromatic carbocycles. The second-order valence-electron chi connectivity index (χ2n) is 3.70. The molecule has 1 nitrogen and oxygen atoms in total. The van der Waals surface area contributed by atoms with Crippen LogP contribution in [0.15, 0.2) is 12.1 Å². The molecule has 102 valence electrons. The van der Waals surface area contributed by atoms with Crippen molar-refractivity contribution >= 4 is 0 Å². The van der Waals surface area contributed by atoms with Crippen LogP contribution in [-0.4, -0.2) is 12.1 Å². The van der Waals surface area contributed by atoms with E-state index in [4.69, 9.17) is 5.73 Å². The first-order chi connectivity index (χ1) is 8.00. The molecule has 0 heterocycles. The lowest BCUT2D eigenvalue weighted by Gasteiger charge is -2.26. The molecule has 0 aliphatic carbocycles. The maximum Gasteiger partial charge on any atom is 0.455 e. The third-order valence-corrected chi connectivity index (χ3v) is 2.41. The van der Waals surface area contributed by atoms with Gasteiger partial charge in [0.25, 0.3) is 0 Å². The lowest BCUT2D eigenvalue weighted by atomic mass is 9.99. The first-order valence-corrected chi connectivity index (χ1v) is 4.64. The predicted octanol–water partition coefficient (Wildman–Crippen LogP) is 3.47. The van der Waals surface area contributed by atoms with Crippen molar-refractivity contribution in [3.8, 4) is 0 Å². The van der Waals surface area contributed by atoms with Gasteiger partial charge in [0.1, 0.15) is 6.04 Å². The van der Waals surface area contributed by atoms with E-state index in [1.165, 1.54) is 0 Å². The first kappa shape index (κ1) is 14.7. The highest BCUT2D eigenvalue weighted by Gasteiger charge is 2.62. The summed E-state index contributed by atoms with van der Waals surface area (Å²) in [6.45, 7) is 1.13. The number of benzene rings is 1. The van der Waals surface area contributed by atoms with Gasteiger partial charge in [-0.05, 0) is 12.5 Å². The summed E-state index contributed by atoms with van der Waals surface area (Å²) >= 11 is 0. The summed E-state index contributed by atoms with van der Waals surface area (Å²) in [5.41, 5.74) is 3.26. The normalized spacial score (nSPS) is 14.7. The second-order valence-corrected chi connectivity index (χ2v) is 3.70. The van der Waals surface area contributed by atoms with Gasteiger partial charge in [-0.3, -0.25) is 0 Å². The van der Waals surface area contributed by atoms with E-state index in [2.05, 4.69) is 0 Å². The van der Waals surface area contributed by atoms with Gasteiger partial charge in [0.2, 0.25) is 0 Å². The third-order valence-electron chi connectivity index (χ3n) is 2.41. The monoisotopic (exact) mass is 275 g/mol. The quantitative estimate of drug-likeness (QED) is 0.822. The van der Waals surface area contributed by atoms with E-state index in [-0.39, 0.29) is 5.56 Å². The summed E-state index contributed by atoms with van der Waals surface area (Å²) in [4.78, 5) is 0. The Hall–Kier alpha value is -1.31. The topological polar surface area (TPSA) is 26.0 Å². The fourth-order valence-electron chi connectivity index (χ4n) is 1.27. The molecule has 0 aliphatic rings. The Labute approximate surface area is 97.4 Å². The zero-order valence-corrected chi connectivity index (χ0v) is 8.96. The Balaban J connectivity index is 3.28. The Bertz CT molecular complexity index is 452. The average molecular weight is 275 g/mol. The van der Waals surface area contributed by atoms with Gasteiger partial charge in [-0.1, -0.05) is 12.1 Å². The number of hydrogen-bond acceptors (Lipinski definition) is 1. The number of nitrogens with two attached hydrogens (primary N) is 1. The number of alkyl halides is 5. The van der Waals surface area contributed by atoms with Gasteiger partial charge in [-0.15, -0.1) is 0 Å². The van der Waals surface area contributed by atoms with Crippen LogP contribution in [0.2, 0.25) is 0 Å². The van der Waals surface area contributed by atoms with Crippen LogP contribution in [0.5, 0.6) is 0 Å². The Morgan fingerprint density at radius 2 is 1.50 bits per heavy atom. The number of aryl methyl sites for hydroxylation is 1. The summed E-state index contributed by atoms with van der Waals surface area (Å²) in [5.74, 6) is -8.65. The van der Waals surface area contributed by atoms with E-state index in [0.29, 0.717) is 6.07 Å². The molecule has 0 fully saturated rings.